The van der Waals surface area contributed by atoms with E-state index in [-0.39, 0.29) is 28.2 Å². The molecule has 6 nitrogen and oxygen atoms in total. The van der Waals surface area contributed by atoms with E-state index < -0.39 is 11.6 Å². The summed E-state index contributed by atoms with van der Waals surface area (Å²) in [6.07, 6.45) is 3.40. The number of aromatic nitrogens is 4. The lowest BCUT2D eigenvalue weighted by atomic mass is 9.97. The van der Waals surface area contributed by atoms with Crippen molar-refractivity contribution in [2.24, 2.45) is 5.92 Å². The molecule has 0 N–H and O–H groups in total. The molecule has 0 aliphatic carbocycles. The highest BCUT2D eigenvalue weighted by Crippen LogP contribution is 2.37. The molecule has 1 fully saturated rings. The van der Waals surface area contributed by atoms with E-state index in [0.717, 1.165) is 38.1 Å². The third kappa shape index (κ3) is 2.89. The van der Waals surface area contributed by atoms with Crippen molar-refractivity contribution >= 4 is 11.6 Å². The van der Waals surface area contributed by atoms with Crippen LogP contribution >= 0.6 is 0 Å². The predicted octanol–water partition coefficient (Wildman–Crippen LogP) is 3.49. The monoisotopic (exact) mass is 368 g/mol. The number of anilines is 1. The van der Waals surface area contributed by atoms with E-state index in [1.54, 1.807) is 0 Å². The molecule has 0 amide bonds. The molecule has 1 atom stereocenters. The van der Waals surface area contributed by atoms with Gasteiger partial charge in [0.15, 0.2) is 5.69 Å². The number of halogens is 2. The highest BCUT2D eigenvalue weighted by Gasteiger charge is 2.28. The smallest absolute Gasteiger partial charge is 0.255 e. The summed E-state index contributed by atoms with van der Waals surface area (Å²) in [5.74, 6) is 0.0904. The van der Waals surface area contributed by atoms with Gasteiger partial charge >= 0.3 is 0 Å². The van der Waals surface area contributed by atoms with E-state index in [9.17, 15) is 14.0 Å². The Hall–Kier alpha value is -3.08. The summed E-state index contributed by atoms with van der Waals surface area (Å²) < 4.78 is 30.6. The first-order valence-corrected chi connectivity index (χ1v) is 8.84. The Morgan fingerprint density at radius 3 is 2.81 bits per heavy atom. The summed E-state index contributed by atoms with van der Waals surface area (Å²) in [5.41, 5.74) is 0.470. The maximum Gasteiger partial charge on any atom is 0.255 e. The van der Waals surface area contributed by atoms with Crippen molar-refractivity contribution in [3.05, 3.63) is 41.4 Å². The molecule has 1 aliphatic heterocycles. The van der Waals surface area contributed by atoms with Crippen LogP contribution < -0.4 is 4.90 Å². The van der Waals surface area contributed by atoms with Crippen LogP contribution in [0.4, 0.5) is 14.6 Å². The van der Waals surface area contributed by atoms with Gasteiger partial charge < -0.3 is 4.90 Å². The van der Waals surface area contributed by atoms with E-state index in [0.29, 0.717) is 11.7 Å². The predicted molar refractivity (Wildman–Crippen MR) is 96.2 cm³/mol. The molecule has 8 heteroatoms. The number of hydrogen-bond acceptors (Lipinski definition) is 5. The lowest BCUT2D eigenvalue weighted by molar-refractivity contribution is 0.442. The minimum atomic E-state index is -0.599. The highest BCUT2D eigenvalue weighted by molar-refractivity contribution is 5.82. The van der Waals surface area contributed by atoms with Gasteiger partial charge in [-0.05, 0) is 43.4 Å². The Balaban J connectivity index is 2.06. The second kappa shape index (κ2) is 6.58. The van der Waals surface area contributed by atoms with Crippen LogP contribution in [0.2, 0.25) is 0 Å². The zero-order chi connectivity index (χ0) is 19.1. The van der Waals surface area contributed by atoms with Gasteiger partial charge in [0.1, 0.15) is 29.8 Å². The topological polar surface area (TPSA) is 70.1 Å². The molecule has 3 heterocycles. The molecule has 3 aromatic rings. The Morgan fingerprint density at radius 1 is 1.26 bits per heavy atom. The molecule has 1 aliphatic rings. The zero-order valence-electron chi connectivity index (χ0n) is 15.1. The van der Waals surface area contributed by atoms with Gasteiger partial charge in [-0.2, -0.15) is 24.8 Å². The number of hydrogen-bond donors (Lipinski definition) is 0. The number of piperidine rings is 1. The van der Waals surface area contributed by atoms with Gasteiger partial charge in [-0.1, -0.05) is 6.92 Å². The fourth-order valence-corrected chi connectivity index (χ4v) is 3.67. The van der Waals surface area contributed by atoms with Gasteiger partial charge in [-0.25, -0.2) is 8.78 Å². The molecule has 4 rings (SSSR count). The molecule has 0 radical (unpaired) electrons. The first-order chi connectivity index (χ1) is 13.0. The van der Waals surface area contributed by atoms with E-state index >= 15 is 0 Å². The number of nitriles is 1. The number of nitrogens with zero attached hydrogens (tertiary/aromatic N) is 6. The molecule has 1 aromatic carbocycles. The Labute approximate surface area is 155 Å². The van der Waals surface area contributed by atoms with Crippen LogP contribution in [0.15, 0.2) is 18.5 Å². The van der Waals surface area contributed by atoms with E-state index in [1.807, 2.05) is 6.07 Å². The lowest BCUT2D eigenvalue weighted by Gasteiger charge is -2.34. The third-order valence-electron chi connectivity index (χ3n) is 4.98. The fourth-order valence-electron chi connectivity index (χ4n) is 3.67. The number of fused-ring (bicyclic) bond motifs is 1. The SMILES string of the molecule is Cc1cc(F)c(-c2c(C#N)nc3ncnn3c2N2CCCC(C)C2)cc1F. The second-order valence-corrected chi connectivity index (χ2v) is 7.02. The van der Waals surface area contributed by atoms with Crippen molar-refractivity contribution in [1.82, 2.24) is 19.6 Å². The molecule has 0 bridgehead atoms. The van der Waals surface area contributed by atoms with Gasteiger partial charge in [0.2, 0.25) is 0 Å². The summed E-state index contributed by atoms with van der Waals surface area (Å²) in [7, 11) is 0. The van der Waals surface area contributed by atoms with Crippen LogP contribution in [0.5, 0.6) is 0 Å². The Morgan fingerprint density at radius 2 is 2.07 bits per heavy atom. The number of benzene rings is 1. The van der Waals surface area contributed by atoms with Crippen molar-refractivity contribution in [3.8, 4) is 17.2 Å². The summed E-state index contributed by atoms with van der Waals surface area (Å²) >= 11 is 0. The largest absolute Gasteiger partial charge is 0.356 e. The number of rotatable bonds is 2. The second-order valence-electron chi connectivity index (χ2n) is 7.02. The maximum atomic E-state index is 14.8. The Bertz CT molecular complexity index is 1070. The van der Waals surface area contributed by atoms with Crippen molar-refractivity contribution in [2.45, 2.75) is 26.7 Å². The van der Waals surface area contributed by atoms with Crippen molar-refractivity contribution < 1.29 is 8.78 Å². The molecule has 27 heavy (non-hydrogen) atoms. The van der Waals surface area contributed by atoms with Crippen LogP contribution in [-0.4, -0.2) is 32.7 Å². The normalized spacial score (nSPS) is 17.3. The van der Waals surface area contributed by atoms with Crippen LogP contribution in [0, 0.1) is 35.8 Å². The summed E-state index contributed by atoms with van der Waals surface area (Å²) in [6, 6.07) is 4.29. The summed E-state index contributed by atoms with van der Waals surface area (Å²) in [5, 5.41) is 13.9. The van der Waals surface area contributed by atoms with Gasteiger partial charge in [-0.15, -0.1) is 0 Å². The number of aryl methyl sites for hydroxylation is 1. The zero-order valence-corrected chi connectivity index (χ0v) is 15.1. The van der Waals surface area contributed by atoms with Crippen molar-refractivity contribution in [2.75, 3.05) is 18.0 Å². The molecule has 138 valence electrons. The van der Waals surface area contributed by atoms with E-state index in [1.165, 1.54) is 17.8 Å². The van der Waals surface area contributed by atoms with Gasteiger partial charge in [0.25, 0.3) is 5.78 Å². The van der Waals surface area contributed by atoms with Crippen LogP contribution in [0.1, 0.15) is 31.0 Å². The van der Waals surface area contributed by atoms with Gasteiger partial charge in [0.05, 0.1) is 5.56 Å². The van der Waals surface area contributed by atoms with Gasteiger partial charge in [-0.3, -0.25) is 0 Å². The van der Waals surface area contributed by atoms with Gasteiger partial charge in [0, 0.05) is 18.7 Å². The van der Waals surface area contributed by atoms with Crippen LogP contribution in [0.25, 0.3) is 16.9 Å². The first kappa shape index (κ1) is 17.3. The molecular weight excluding hydrogens is 350 g/mol. The molecule has 1 saturated heterocycles. The minimum Gasteiger partial charge on any atom is -0.356 e. The fraction of sp³-hybridized carbons (Fsp3) is 0.368. The molecule has 0 spiro atoms. The molecular formula is C19H18F2N6. The average Bonchev–Trinajstić information content (AvgIpc) is 3.11. The molecule has 2 aromatic heterocycles. The van der Waals surface area contributed by atoms with Crippen molar-refractivity contribution in [1.29, 1.82) is 5.26 Å². The lowest BCUT2D eigenvalue weighted by Crippen LogP contribution is -2.36. The van der Waals surface area contributed by atoms with E-state index in [4.69, 9.17) is 0 Å². The van der Waals surface area contributed by atoms with Crippen LogP contribution in [-0.2, 0) is 0 Å². The quantitative estimate of drug-likeness (QED) is 0.693. The molecule has 0 saturated carbocycles. The van der Waals surface area contributed by atoms with Crippen molar-refractivity contribution in [3.63, 3.8) is 0 Å². The standard InChI is InChI=1S/C19H18F2N6/c1-11-4-3-5-26(9-11)18-17(13-7-14(20)12(2)6-15(13)21)16(8-22)25-19-23-10-24-27(18)19/h6-7,10-11H,3-5,9H2,1-2H3. The van der Waals surface area contributed by atoms with Crippen LogP contribution in [0.3, 0.4) is 0 Å². The summed E-state index contributed by atoms with van der Waals surface area (Å²) in [4.78, 5) is 10.4. The first-order valence-electron chi connectivity index (χ1n) is 8.84. The minimum absolute atomic E-state index is 0.00544. The Kier molecular flexibility index (Phi) is 4.22. The summed E-state index contributed by atoms with van der Waals surface area (Å²) in [6.45, 7) is 5.10. The average molecular weight is 368 g/mol. The maximum absolute atomic E-state index is 14.8. The highest BCUT2D eigenvalue weighted by atomic mass is 19.1. The van der Waals surface area contributed by atoms with E-state index in [2.05, 4.69) is 26.9 Å². The third-order valence-corrected chi connectivity index (χ3v) is 4.98. The molecule has 1 unspecified atom stereocenters.